The Morgan fingerprint density at radius 2 is 2.08 bits per heavy atom. The van der Waals surface area contributed by atoms with Gasteiger partial charge in [0.25, 0.3) is 0 Å². The van der Waals surface area contributed by atoms with Gasteiger partial charge in [-0.2, -0.15) is 4.98 Å². The number of carbonyl (C=O) groups excluding carboxylic acids is 1. The van der Waals surface area contributed by atoms with E-state index in [1.165, 1.54) is 0 Å². The monoisotopic (exact) mass is 347 g/mol. The summed E-state index contributed by atoms with van der Waals surface area (Å²) in [5.74, 6) is -0.749. The summed E-state index contributed by atoms with van der Waals surface area (Å²) in [4.78, 5) is 26.8. The van der Waals surface area contributed by atoms with Crippen LogP contribution in [0.2, 0.25) is 0 Å². The summed E-state index contributed by atoms with van der Waals surface area (Å²) in [6.07, 6.45) is -0.657. The number of ether oxygens (including phenoxy) is 1. The van der Waals surface area contributed by atoms with Crippen molar-refractivity contribution in [3.63, 3.8) is 0 Å². The predicted molar refractivity (Wildman–Crippen MR) is 90.3 cm³/mol. The molecule has 1 amide bonds. The van der Waals surface area contributed by atoms with E-state index in [-0.39, 0.29) is 18.2 Å². The van der Waals surface area contributed by atoms with E-state index >= 15 is 0 Å². The maximum absolute atomic E-state index is 11.8. The van der Waals surface area contributed by atoms with Gasteiger partial charge >= 0.3 is 12.1 Å². The van der Waals surface area contributed by atoms with Crippen LogP contribution in [-0.4, -0.2) is 32.9 Å². The highest BCUT2D eigenvalue weighted by Crippen LogP contribution is 2.24. The minimum absolute atomic E-state index is 0.0954. The van der Waals surface area contributed by atoms with E-state index in [9.17, 15) is 9.59 Å². The van der Waals surface area contributed by atoms with Crippen LogP contribution in [0.3, 0.4) is 0 Å². The molecule has 1 heterocycles. The maximum Gasteiger partial charge on any atom is 0.412 e. The molecule has 2 rings (SSSR count). The Bertz CT molecular complexity index is 764. The number of aliphatic carboxylic acids is 1. The Labute approximate surface area is 145 Å². The first kappa shape index (κ1) is 18.4. The number of aromatic nitrogens is 2. The fourth-order valence-electron chi connectivity index (χ4n) is 2.06. The maximum atomic E-state index is 11.8. The average molecular weight is 347 g/mol. The quantitative estimate of drug-likeness (QED) is 0.848. The van der Waals surface area contributed by atoms with Crippen molar-refractivity contribution in [2.45, 2.75) is 45.6 Å². The van der Waals surface area contributed by atoms with Crippen molar-refractivity contribution >= 4 is 17.7 Å². The molecule has 1 atom stereocenters. The Morgan fingerprint density at radius 1 is 1.36 bits per heavy atom. The zero-order valence-electron chi connectivity index (χ0n) is 14.6. The third-order valence-corrected chi connectivity index (χ3v) is 3.11. The van der Waals surface area contributed by atoms with Gasteiger partial charge in [0.2, 0.25) is 11.7 Å². The Kier molecular flexibility index (Phi) is 5.41. The highest BCUT2D eigenvalue weighted by molar-refractivity contribution is 5.85. The third-order valence-electron chi connectivity index (χ3n) is 3.11. The van der Waals surface area contributed by atoms with Crippen LogP contribution in [0.1, 0.15) is 45.9 Å². The molecule has 0 spiro atoms. The summed E-state index contributed by atoms with van der Waals surface area (Å²) < 4.78 is 10.3. The van der Waals surface area contributed by atoms with E-state index in [1.54, 1.807) is 52.0 Å². The van der Waals surface area contributed by atoms with E-state index in [2.05, 4.69) is 15.5 Å². The summed E-state index contributed by atoms with van der Waals surface area (Å²) in [7, 11) is 0. The van der Waals surface area contributed by atoms with Gasteiger partial charge in [0, 0.05) is 17.2 Å². The molecule has 134 valence electrons. The molecular weight excluding hydrogens is 326 g/mol. The summed E-state index contributed by atoms with van der Waals surface area (Å²) in [5, 5.41) is 15.3. The highest BCUT2D eigenvalue weighted by Gasteiger charge is 2.19. The van der Waals surface area contributed by atoms with E-state index < -0.39 is 17.7 Å². The van der Waals surface area contributed by atoms with Crippen LogP contribution in [0.5, 0.6) is 0 Å². The third kappa shape index (κ3) is 5.59. The fourth-order valence-corrected chi connectivity index (χ4v) is 2.06. The number of nitrogens with zero attached hydrogens (tertiary/aromatic N) is 2. The molecule has 0 radical (unpaired) electrons. The molecule has 0 aliphatic heterocycles. The van der Waals surface area contributed by atoms with Gasteiger partial charge in [-0.05, 0) is 32.9 Å². The number of nitrogens with one attached hydrogen (secondary N) is 1. The van der Waals surface area contributed by atoms with Crippen molar-refractivity contribution in [1.29, 1.82) is 0 Å². The number of amides is 1. The standard InChI is InChI=1S/C17H21N3O5/c1-10(8-13(21)22)15-19-14(20-25-15)11-6-5-7-12(9-11)18-16(23)24-17(2,3)4/h5-7,9-10H,8H2,1-4H3,(H,18,23)(H,21,22). The van der Waals surface area contributed by atoms with E-state index in [0.717, 1.165) is 0 Å². The summed E-state index contributed by atoms with van der Waals surface area (Å²) >= 11 is 0. The van der Waals surface area contributed by atoms with Crippen LogP contribution in [0.25, 0.3) is 11.4 Å². The van der Waals surface area contributed by atoms with Gasteiger partial charge in [0.15, 0.2) is 0 Å². The van der Waals surface area contributed by atoms with Gasteiger partial charge < -0.3 is 14.4 Å². The molecule has 8 heteroatoms. The lowest BCUT2D eigenvalue weighted by Crippen LogP contribution is -2.27. The molecule has 0 saturated carbocycles. The molecule has 8 nitrogen and oxygen atoms in total. The zero-order chi connectivity index (χ0) is 18.6. The van der Waals surface area contributed by atoms with Gasteiger partial charge in [-0.15, -0.1) is 0 Å². The largest absolute Gasteiger partial charge is 0.481 e. The van der Waals surface area contributed by atoms with Crippen LogP contribution < -0.4 is 5.32 Å². The molecule has 0 aliphatic carbocycles. The second-order valence-corrected chi connectivity index (χ2v) is 6.66. The topological polar surface area (TPSA) is 115 Å². The van der Waals surface area contributed by atoms with Gasteiger partial charge in [0.05, 0.1) is 6.42 Å². The Balaban J connectivity index is 2.12. The lowest BCUT2D eigenvalue weighted by molar-refractivity contribution is -0.137. The molecule has 2 N–H and O–H groups in total. The molecule has 1 unspecified atom stereocenters. The van der Waals surface area contributed by atoms with Crippen molar-refractivity contribution in [2.24, 2.45) is 0 Å². The van der Waals surface area contributed by atoms with Gasteiger partial charge in [0.1, 0.15) is 5.60 Å². The second-order valence-electron chi connectivity index (χ2n) is 6.66. The molecule has 0 fully saturated rings. The zero-order valence-corrected chi connectivity index (χ0v) is 14.6. The number of benzene rings is 1. The molecule has 0 saturated heterocycles. The van der Waals surface area contributed by atoms with Gasteiger partial charge in [-0.3, -0.25) is 10.1 Å². The number of anilines is 1. The van der Waals surface area contributed by atoms with E-state index in [0.29, 0.717) is 17.1 Å². The van der Waals surface area contributed by atoms with Crippen LogP contribution >= 0.6 is 0 Å². The summed E-state index contributed by atoms with van der Waals surface area (Å²) in [5.41, 5.74) is 0.563. The number of carboxylic acids is 1. The van der Waals surface area contributed by atoms with Gasteiger partial charge in [-0.1, -0.05) is 24.2 Å². The minimum Gasteiger partial charge on any atom is -0.481 e. The molecule has 2 aromatic rings. The average Bonchev–Trinajstić information content (AvgIpc) is 2.94. The van der Waals surface area contributed by atoms with Crippen molar-refractivity contribution in [3.05, 3.63) is 30.2 Å². The van der Waals surface area contributed by atoms with Crippen molar-refractivity contribution < 1.29 is 24.0 Å². The number of hydrogen-bond donors (Lipinski definition) is 2. The molecule has 0 aliphatic rings. The first-order valence-electron chi connectivity index (χ1n) is 7.80. The Hall–Kier alpha value is -2.90. The molecule has 0 bridgehead atoms. The fraction of sp³-hybridized carbons (Fsp3) is 0.412. The molecular formula is C17H21N3O5. The second kappa shape index (κ2) is 7.33. The lowest BCUT2D eigenvalue weighted by Gasteiger charge is -2.19. The van der Waals surface area contributed by atoms with Gasteiger partial charge in [-0.25, -0.2) is 4.79 Å². The van der Waals surface area contributed by atoms with Crippen LogP contribution in [0.15, 0.2) is 28.8 Å². The number of carboxylic acid groups (broad SMARTS) is 1. The van der Waals surface area contributed by atoms with Crippen molar-refractivity contribution in [3.8, 4) is 11.4 Å². The molecule has 1 aromatic heterocycles. The minimum atomic E-state index is -0.934. The summed E-state index contributed by atoms with van der Waals surface area (Å²) in [6, 6.07) is 6.89. The highest BCUT2D eigenvalue weighted by atomic mass is 16.6. The normalized spacial score (nSPS) is 12.5. The SMILES string of the molecule is CC(CC(=O)O)c1nc(-c2cccc(NC(=O)OC(C)(C)C)c2)no1. The number of rotatable bonds is 5. The predicted octanol–water partition coefficient (Wildman–Crippen LogP) is 3.66. The number of carbonyl (C=O) groups is 2. The smallest absolute Gasteiger partial charge is 0.412 e. The van der Waals surface area contributed by atoms with E-state index in [4.69, 9.17) is 14.4 Å². The van der Waals surface area contributed by atoms with Crippen LogP contribution in [0.4, 0.5) is 10.5 Å². The van der Waals surface area contributed by atoms with Crippen molar-refractivity contribution in [2.75, 3.05) is 5.32 Å². The first-order valence-corrected chi connectivity index (χ1v) is 7.80. The van der Waals surface area contributed by atoms with Crippen LogP contribution in [0, 0.1) is 0 Å². The molecule has 1 aromatic carbocycles. The van der Waals surface area contributed by atoms with E-state index in [1.807, 2.05) is 0 Å². The Morgan fingerprint density at radius 3 is 2.72 bits per heavy atom. The first-order chi connectivity index (χ1) is 11.6. The van der Waals surface area contributed by atoms with Crippen molar-refractivity contribution in [1.82, 2.24) is 10.1 Å². The molecule has 25 heavy (non-hydrogen) atoms. The van der Waals surface area contributed by atoms with Crippen LogP contribution in [-0.2, 0) is 9.53 Å². The summed E-state index contributed by atoms with van der Waals surface area (Å²) in [6.45, 7) is 7.04. The number of hydrogen-bond acceptors (Lipinski definition) is 6. The lowest BCUT2D eigenvalue weighted by atomic mass is 10.1.